The monoisotopic (exact) mass is 490 g/mol. The van der Waals surface area contributed by atoms with Crippen molar-refractivity contribution in [2.75, 3.05) is 36.2 Å². The highest BCUT2D eigenvalue weighted by molar-refractivity contribution is 7.86. The van der Waals surface area contributed by atoms with Crippen LogP contribution in [0.2, 0.25) is 0 Å². The number of ether oxygens (including phenoxy) is 2. The van der Waals surface area contributed by atoms with Crippen LogP contribution < -0.4 is 22.8 Å². The Balaban J connectivity index is 0.000000181. The molecule has 6 N–H and O–H groups in total. The summed E-state index contributed by atoms with van der Waals surface area (Å²) in [4.78, 5) is 30.0. The van der Waals surface area contributed by atoms with Crippen LogP contribution in [0.3, 0.4) is 0 Å². The molecule has 6 atom stereocenters. The topological polar surface area (TPSA) is 215 Å². The standard InChI is InChI=1S/2C8H11N3O4S/c2*9-5-1-2-11(8(13)10-5)6-4-16(14)7(3-12)15-6/h2*1-2,6-7,12H,3-4H2,(H2,9,10,13)/t6-,7+,16+;6-,7+,16-/m00/s1. The number of nitrogens with zero attached hydrogens (tertiary/aromatic N) is 4. The molecule has 14 nitrogen and oxygen atoms in total. The van der Waals surface area contributed by atoms with Crippen molar-refractivity contribution in [3.8, 4) is 0 Å². The number of aromatic nitrogens is 4. The van der Waals surface area contributed by atoms with Crippen LogP contribution in [0.5, 0.6) is 0 Å². The van der Waals surface area contributed by atoms with Crippen molar-refractivity contribution >= 4 is 33.2 Å². The number of aliphatic hydroxyl groups is 2. The third-order valence-electron chi connectivity index (χ3n) is 4.44. The van der Waals surface area contributed by atoms with Gasteiger partial charge in [-0.1, -0.05) is 0 Å². The van der Waals surface area contributed by atoms with Gasteiger partial charge in [0.25, 0.3) is 0 Å². The van der Waals surface area contributed by atoms with E-state index in [-0.39, 0.29) is 36.4 Å². The van der Waals surface area contributed by atoms with E-state index in [2.05, 4.69) is 9.97 Å². The summed E-state index contributed by atoms with van der Waals surface area (Å²) in [5, 5.41) is 17.7. The molecule has 2 fully saturated rings. The summed E-state index contributed by atoms with van der Waals surface area (Å²) >= 11 is 0. The van der Waals surface area contributed by atoms with Gasteiger partial charge in [0.15, 0.2) is 23.3 Å². The Kier molecular flexibility index (Phi) is 7.86. The molecule has 0 aromatic carbocycles. The van der Waals surface area contributed by atoms with Crippen LogP contribution in [0, 0.1) is 0 Å². The molecule has 176 valence electrons. The minimum atomic E-state index is -1.30. The van der Waals surface area contributed by atoms with Crippen LogP contribution in [-0.4, -0.2) is 73.3 Å². The van der Waals surface area contributed by atoms with Gasteiger partial charge in [0.2, 0.25) is 0 Å². The molecule has 0 unspecified atom stereocenters. The van der Waals surface area contributed by atoms with Crippen molar-refractivity contribution in [3.63, 3.8) is 0 Å². The van der Waals surface area contributed by atoms with E-state index in [0.717, 1.165) is 0 Å². The molecule has 2 saturated heterocycles. The minimum Gasteiger partial charge on any atom is -0.393 e. The molecular formula is C16H22N6O8S2. The first-order valence-electron chi connectivity index (χ1n) is 9.19. The van der Waals surface area contributed by atoms with Gasteiger partial charge in [-0.05, 0) is 12.1 Å². The SMILES string of the molecule is Nc1ccn([C@@H]2C[S@@](=O)[C@H](CO)O2)c(=O)n1.Nc1ccn([C@@H]2C[S@](=O)[C@H](CO)O2)c(=O)n1. The maximum Gasteiger partial charge on any atom is 0.351 e. The summed E-state index contributed by atoms with van der Waals surface area (Å²) < 4.78 is 35.8. The van der Waals surface area contributed by atoms with Crippen LogP contribution in [-0.2, 0) is 31.1 Å². The van der Waals surface area contributed by atoms with Crippen molar-refractivity contribution in [2.45, 2.75) is 23.3 Å². The predicted octanol–water partition coefficient (Wildman–Crippen LogP) is -3.16. The van der Waals surface area contributed by atoms with E-state index in [1.165, 1.54) is 33.7 Å². The quantitative estimate of drug-likeness (QED) is 0.334. The second kappa shape index (κ2) is 10.4. The molecular weight excluding hydrogens is 468 g/mol. The predicted molar refractivity (Wildman–Crippen MR) is 114 cm³/mol. The Hall–Kier alpha value is -2.50. The number of anilines is 2. The summed E-state index contributed by atoms with van der Waals surface area (Å²) in [6.45, 7) is -0.666. The average molecular weight is 491 g/mol. The molecule has 0 amide bonds. The molecule has 0 aliphatic carbocycles. The van der Waals surface area contributed by atoms with Gasteiger partial charge in [-0.2, -0.15) is 9.97 Å². The Morgan fingerprint density at radius 2 is 1.25 bits per heavy atom. The molecule has 0 spiro atoms. The molecule has 0 saturated carbocycles. The summed E-state index contributed by atoms with van der Waals surface area (Å²) in [6, 6.07) is 2.92. The van der Waals surface area contributed by atoms with Crippen LogP contribution >= 0.6 is 0 Å². The zero-order valence-electron chi connectivity index (χ0n) is 16.6. The molecule has 0 bridgehead atoms. The van der Waals surface area contributed by atoms with Crippen LogP contribution in [0.25, 0.3) is 0 Å². The van der Waals surface area contributed by atoms with Crippen LogP contribution in [0.15, 0.2) is 34.1 Å². The minimum absolute atomic E-state index is 0.124. The van der Waals surface area contributed by atoms with E-state index in [4.69, 9.17) is 31.2 Å². The lowest BCUT2D eigenvalue weighted by Crippen LogP contribution is -2.28. The van der Waals surface area contributed by atoms with Crippen molar-refractivity contribution in [1.29, 1.82) is 0 Å². The van der Waals surface area contributed by atoms with Crippen molar-refractivity contribution in [2.24, 2.45) is 0 Å². The highest BCUT2D eigenvalue weighted by Crippen LogP contribution is 2.23. The molecule has 4 rings (SSSR count). The lowest BCUT2D eigenvalue weighted by Gasteiger charge is -2.12. The Bertz CT molecular complexity index is 1040. The Morgan fingerprint density at radius 1 is 0.875 bits per heavy atom. The first-order chi connectivity index (χ1) is 15.2. The lowest BCUT2D eigenvalue weighted by molar-refractivity contribution is -0.00706. The van der Waals surface area contributed by atoms with Gasteiger partial charge in [-0.3, -0.25) is 17.6 Å². The second-order valence-electron chi connectivity index (χ2n) is 6.59. The lowest BCUT2D eigenvalue weighted by atomic mass is 10.5. The van der Waals surface area contributed by atoms with E-state index in [1.807, 2.05) is 0 Å². The van der Waals surface area contributed by atoms with E-state index in [1.54, 1.807) is 0 Å². The third kappa shape index (κ3) is 5.45. The summed E-state index contributed by atoms with van der Waals surface area (Å²) in [5.41, 5.74) is 8.09. The fourth-order valence-electron chi connectivity index (χ4n) is 2.88. The van der Waals surface area contributed by atoms with Gasteiger partial charge in [0, 0.05) is 12.4 Å². The highest BCUT2D eigenvalue weighted by Gasteiger charge is 2.34. The Labute approximate surface area is 185 Å². The molecule has 2 aliphatic rings. The van der Waals surface area contributed by atoms with Gasteiger partial charge >= 0.3 is 11.4 Å². The maximum atomic E-state index is 11.5. The number of hydrogen-bond acceptors (Lipinski definition) is 12. The van der Waals surface area contributed by atoms with Gasteiger partial charge in [0.1, 0.15) is 11.6 Å². The molecule has 2 aromatic rings. The van der Waals surface area contributed by atoms with Crippen molar-refractivity contribution < 1.29 is 28.1 Å². The smallest absolute Gasteiger partial charge is 0.351 e. The molecule has 2 aliphatic heterocycles. The largest absolute Gasteiger partial charge is 0.393 e. The third-order valence-corrected chi connectivity index (χ3v) is 7.36. The van der Waals surface area contributed by atoms with Gasteiger partial charge in [0.05, 0.1) is 46.3 Å². The van der Waals surface area contributed by atoms with E-state index < -0.39 is 56.3 Å². The zero-order valence-corrected chi connectivity index (χ0v) is 18.2. The average Bonchev–Trinajstić information content (AvgIpc) is 3.30. The van der Waals surface area contributed by atoms with Crippen LogP contribution in [0.1, 0.15) is 12.5 Å². The number of nitrogen functional groups attached to an aromatic ring is 2. The normalized spacial score (nSPS) is 29.4. The second-order valence-corrected chi connectivity index (χ2v) is 9.83. The fraction of sp³-hybridized carbons (Fsp3) is 0.500. The van der Waals surface area contributed by atoms with Crippen LogP contribution in [0.4, 0.5) is 11.6 Å². The van der Waals surface area contributed by atoms with Crippen molar-refractivity contribution in [1.82, 2.24) is 19.1 Å². The van der Waals surface area contributed by atoms with Gasteiger partial charge in [-0.15, -0.1) is 0 Å². The van der Waals surface area contributed by atoms with E-state index in [9.17, 15) is 18.0 Å². The molecule has 32 heavy (non-hydrogen) atoms. The van der Waals surface area contributed by atoms with Gasteiger partial charge in [-0.25, -0.2) is 9.59 Å². The fourth-order valence-corrected chi connectivity index (χ4v) is 5.19. The summed E-state index contributed by atoms with van der Waals surface area (Å²) in [5.74, 6) is 0.575. The van der Waals surface area contributed by atoms with Gasteiger partial charge < -0.3 is 31.2 Å². The Morgan fingerprint density at radius 3 is 1.53 bits per heavy atom. The first kappa shape index (κ1) is 24.1. The molecule has 4 heterocycles. The number of aliphatic hydroxyl groups excluding tert-OH is 2. The maximum absolute atomic E-state index is 11.5. The first-order valence-corrected chi connectivity index (χ1v) is 12.0. The molecule has 2 aromatic heterocycles. The number of nitrogens with two attached hydrogens (primary N) is 2. The summed E-state index contributed by atoms with van der Waals surface area (Å²) in [7, 11) is -2.59. The number of hydrogen-bond donors (Lipinski definition) is 4. The van der Waals surface area contributed by atoms with Crippen molar-refractivity contribution in [3.05, 3.63) is 45.5 Å². The highest BCUT2D eigenvalue weighted by atomic mass is 32.2. The zero-order chi connectivity index (χ0) is 23.4. The summed E-state index contributed by atoms with van der Waals surface area (Å²) in [6.07, 6.45) is 1.57. The van der Waals surface area contributed by atoms with E-state index in [0.29, 0.717) is 0 Å². The molecule has 0 radical (unpaired) electrons. The van der Waals surface area contributed by atoms with E-state index >= 15 is 0 Å². The molecule has 16 heteroatoms. The number of rotatable bonds is 4.